The third-order valence-corrected chi connectivity index (χ3v) is 2.45. The van der Waals surface area contributed by atoms with Crippen LogP contribution in [0.1, 0.15) is 16.9 Å². The van der Waals surface area contributed by atoms with Crippen LogP contribution in [0.4, 0.5) is 13.2 Å². The number of aromatic carboxylic acids is 1. The average molecular weight is 286 g/mol. The van der Waals surface area contributed by atoms with Crippen LogP contribution in [0.25, 0.3) is 11.4 Å². The molecule has 0 amide bonds. The Morgan fingerprint density at radius 2 is 2.10 bits per heavy atom. The Labute approximate surface area is 110 Å². The Hall–Kier alpha value is -2.45. The molecule has 6 nitrogen and oxygen atoms in total. The van der Waals surface area contributed by atoms with Gasteiger partial charge in [0.15, 0.2) is 5.69 Å². The Morgan fingerprint density at radius 3 is 2.65 bits per heavy atom. The van der Waals surface area contributed by atoms with Crippen molar-refractivity contribution in [3.05, 3.63) is 30.1 Å². The molecule has 2 aromatic rings. The van der Waals surface area contributed by atoms with Gasteiger partial charge in [-0.1, -0.05) is 11.3 Å². The number of carbonyl (C=O) groups is 1. The maximum atomic E-state index is 12.2. The predicted molar refractivity (Wildman–Crippen MR) is 60.9 cm³/mol. The summed E-state index contributed by atoms with van der Waals surface area (Å²) in [6, 6.07) is 4.68. The molecule has 0 bridgehead atoms. The molecule has 0 saturated heterocycles. The smallest absolute Gasteiger partial charge is 0.390 e. The fourth-order valence-electron chi connectivity index (χ4n) is 1.60. The molecular weight excluding hydrogens is 277 g/mol. The molecule has 2 rings (SSSR count). The van der Waals surface area contributed by atoms with Gasteiger partial charge in [-0.05, 0) is 12.1 Å². The second-order valence-corrected chi connectivity index (χ2v) is 3.90. The van der Waals surface area contributed by atoms with E-state index in [4.69, 9.17) is 5.11 Å². The summed E-state index contributed by atoms with van der Waals surface area (Å²) < 4.78 is 37.6. The number of pyridine rings is 1. The van der Waals surface area contributed by atoms with Crippen LogP contribution < -0.4 is 0 Å². The quantitative estimate of drug-likeness (QED) is 0.929. The fraction of sp³-hybridized carbons (Fsp3) is 0.273. The number of aromatic nitrogens is 4. The van der Waals surface area contributed by atoms with Crippen molar-refractivity contribution < 1.29 is 23.1 Å². The average Bonchev–Trinajstić information content (AvgIpc) is 2.80. The highest BCUT2D eigenvalue weighted by atomic mass is 19.4. The van der Waals surface area contributed by atoms with Gasteiger partial charge in [0, 0.05) is 6.20 Å². The van der Waals surface area contributed by atoms with Gasteiger partial charge in [0.25, 0.3) is 0 Å². The summed E-state index contributed by atoms with van der Waals surface area (Å²) in [5.41, 5.74) is -0.259. The van der Waals surface area contributed by atoms with E-state index in [0.29, 0.717) is 0 Å². The zero-order chi connectivity index (χ0) is 14.8. The van der Waals surface area contributed by atoms with E-state index in [1.165, 1.54) is 12.3 Å². The minimum Gasteiger partial charge on any atom is -0.476 e. The summed E-state index contributed by atoms with van der Waals surface area (Å²) in [6.07, 6.45) is -4.09. The molecule has 0 unspecified atom stereocenters. The maximum Gasteiger partial charge on any atom is 0.390 e. The lowest BCUT2D eigenvalue weighted by atomic mass is 10.2. The van der Waals surface area contributed by atoms with Gasteiger partial charge in [-0.25, -0.2) is 9.48 Å². The number of hydrogen-bond acceptors (Lipinski definition) is 4. The number of alkyl halides is 3. The maximum absolute atomic E-state index is 12.2. The van der Waals surface area contributed by atoms with Crippen molar-refractivity contribution >= 4 is 5.97 Å². The van der Waals surface area contributed by atoms with Gasteiger partial charge in [-0.3, -0.25) is 4.98 Å². The van der Waals surface area contributed by atoms with Crippen LogP contribution in [0.3, 0.4) is 0 Å². The molecule has 0 fully saturated rings. The number of nitrogens with zero attached hydrogens (tertiary/aromatic N) is 4. The summed E-state index contributed by atoms with van der Waals surface area (Å²) in [7, 11) is 0. The lowest BCUT2D eigenvalue weighted by Crippen LogP contribution is -2.14. The van der Waals surface area contributed by atoms with Crippen molar-refractivity contribution in [2.45, 2.75) is 19.1 Å². The van der Waals surface area contributed by atoms with E-state index in [1.807, 2.05) is 0 Å². The Bertz CT molecular complexity index is 610. The highest BCUT2D eigenvalue weighted by Gasteiger charge is 2.29. The van der Waals surface area contributed by atoms with Crippen LogP contribution in [0.15, 0.2) is 24.4 Å². The standard InChI is InChI=1S/C11H9F3N4O2/c12-11(13,14)4-6-18-9(7-3-1-2-5-15-7)8(10(19)20)16-17-18/h1-3,5H,4,6H2,(H,19,20). The van der Waals surface area contributed by atoms with Crippen LogP contribution in [-0.4, -0.2) is 37.2 Å². The van der Waals surface area contributed by atoms with E-state index in [-0.39, 0.29) is 11.4 Å². The largest absolute Gasteiger partial charge is 0.476 e. The topological polar surface area (TPSA) is 80.9 Å². The van der Waals surface area contributed by atoms with Crippen molar-refractivity contribution in [3.8, 4) is 11.4 Å². The first-order valence-corrected chi connectivity index (χ1v) is 5.53. The van der Waals surface area contributed by atoms with Crippen molar-refractivity contribution in [3.63, 3.8) is 0 Å². The molecule has 0 aliphatic heterocycles. The summed E-state index contributed by atoms with van der Waals surface area (Å²) >= 11 is 0. The van der Waals surface area contributed by atoms with Crippen LogP contribution in [0, 0.1) is 0 Å². The van der Waals surface area contributed by atoms with Crippen LogP contribution in [-0.2, 0) is 6.54 Å². The SMILES string of the molecule is O=C(O)c1nnn(CCC(F)(F)F)c1-c1ccccn1. The minimum absolute atomic E-state index is 0.0395. The molecule has 2 heterocycles. The lowest BCUT2D eigenvalue weighted by Gasteiger charge is -2.08. The summed E-state index contributed by atoms with van der Waals surface area (Å²) in [6.45, 7) is -0.518. The molecule has 0 saturated carbocycles. The van der Waals surface area contributed by atoms with Gasteiger partial charge in [0.05, 0.1) is 18.7 Å². The van der Waals surface area contributed by atoms with Crippen molar-refractivity contribution in [2.75, 3.05) is 0 Å². The number of carboxylic acid groups (broad SMARTS) is 1. The second kappa shape index (κ2) is 5.27. The Kier molecular flexibility index (Phi) is 3.68. The van der Waals surface area contributed by atoms with Crippen molar-refractivity contribution in [2.24, 2.45) is 0 Å². The van der Waals surface area contributed by atoms with E-state index in [9.17, 15) is 18.0 Å². The van der Waals surface area contributed by atoms with E-state index < -0.39 is 30.8 Å². The van der Waals surface area contributed by atoms with Gasteiger partial charge in [-0.15, -0.1) is 5.10 Å². The summed E-state index contributed by atoms with van der Waals surface area (Å²) in [4.78, 5) is 15.0. The molecule has 20 heavy (non-hydrogen) atoms. The van der Waals surface area contributed by atoms with Gasteiger partial charge in [0.2, 0.25) is 0 Å². The monoisotopic (exact) mass is 286 g/mol. The van der Waals surface area contributed by atoms with Gasteiger partial charge in [-0.2, -0.15) is 13.2 Å². The number of hydrogen-bond donors (Lipinski definition) is 1. The van der Waals surface area contributed by atoms with Gasteiger partial charge >= 0.3 is 12.1 Å². The third kappa shape index (κ3) is 3.11. The molecule has 9 heteroatoms. The molecule has 106 valence electrons. The third-order valence-electron chi connectivity index (χ3n) is 2.45. The number of rotatable bonds is 4. The summed E-state index contributed by atoms with van der Waals surface area (Å²) in [5.74, 6) is -1.37. The Balaban J connectivity index is 2.41. The zero-order valence-electron chi connectivity index (χ0n) is 10.0. The molecule has 0 radical (unpaired) electrons. The second-order valence-electron chi connectivity index (χ2n) is 3.90. The first kappa shape index (κ1) is 14.0. The first-order valence-electron chi connectivity index (χ1n) is 5.53. The van der Waals surface area contributed by atoms with E-state index in [2.05, 4.69) is 15.3 Å². The fourth-order valence-corrected chi connectivity index (χ4v) is 1.60. The molecule has 0 aliphatic rings. The highest BCUT2D eigenvalue weighted by Crippen LogP contribution is 2.24. The van der Waals surface area contributed by atoms with E-state index in [1.54, 1.807) is 12.1 Å². The summed E-state index contributed by atoms with van der Waals surface area (Å²) in [5, 5.41) is 15.9. The first-order chi connectivity index (χ1) is 9.38. The van der Waals surface area contributed by atoms with Crippen molar-refractivity contribution in [1.82, 2.24) is 20.0 Å². The number of halogens is 3. The molecule has 0 aromatic carbocycles. The molecule has 0 atom stereocenters. The lowest BCUT2D eigenvalue weighted by molar-refractivity contribution is -0.137. The normalized spacial score (nSPS) is 11.6. The minimum atomic E-state index is -4.36. The molecule has 0 aliphatic carbocycles. The molecular formula is C11H9F3N4O2. The van der Waals surface area contributed by atoms with E-state index >= 15 is 0 Å². The number of carboxylic acids is 1. The van der Waals surface area contributed by atoms with Crippen LogP contribution in [0.2, 0.25) is 0 Å². The van der Waals surface area contributed by atoms with Crippen LogP contribution >= 0.6 is 0 Å². The molecule has 2 aromatic heterocycles. The van der Waals surface area contributed by atoms with E-state index in [0.717, 1.165) is 4.68 Å². The highest BCUT2D eigenvalue weighted by molar-refractivity contribution is 5.92. The Morgan fingerprint density at radius 1 is 1.35 bits per heavy atom. The molecule has 1 N–H and O–H groups in total. The van der Waals surface area contributed by atoms with Gasteiger partial charge < -0.3 is 5.11 Å². The zero-order valence-corrected chi connectivity index (χ0v) is 10.0. The van der Waals surface area contributed by atoms with Crippen molar-refractivity contribution in [1.29, 1.82) is 0 Å². The molecule has 0 spiro atoms. The van der Waals surface area contributed by atoms with Crippen LogP contribution in [0.5, 0.6) is 0 Å². The number of aryl methyl sites for hydroxylation is 1. The predicted octanol–water partition coefficient (Wildman–Crippen LogP) is 1.99. The van der Waals surface area contributed by atoms with Gasteiger partial charge in [0.1, 0.15) is 5.69 Å².